The van der Waals surface area contributed by atoms with Gasteiger partial charge in [0.1, 0.15) is 0 Å². The van der Waals surface area contributed by atoms with E-state index in [1.54, 1.807) is 0 Å². The quantitative estimate of drug-likeness (QED) is 0.606. The standard InChI is InChI=1S/C9H14N2O2/c12-8-3-4-9(13)11(8)6-7-2-1-5-10-7/h7,10H,1-6H2/t7-/m1/s1. The lowest BCUT2D eigenvalue weighted by molar-refractivity contribution is -0.138. The lowest BCUT2D eigenvalue weighted by atomic mass is 10.2. The van der Waals surface area contributed by atoms with Gasteiger partial charge in [-0.1, -0.05) is 0 Å². The lowest BCUT2D eigenvalue weighted by Crippen LogP contribution is -2.40. The van der Waals surface area contributed by atoms with Crippen molar-refractivity contribution in [1.82, 2.24) is 10.2 Å². The first-order valence-corrected chi connectivity index (χ1v) is 4.84. The number of rotatable bonds is 2. The molecular formula is C9H14N2O2. The second-order valence-electron chi connectivity index (χ2n) is 3.69. The molecule has 2 heterocycles. The Morgan fingerprint density at radius 3 is 2.54 bits per heavy atom. The van der Waals surface area contributed by atoms with Gasteiger partial charge in [0.2, 0.25) is 11.8 Å². The van der Waals surface area contributed by atoms with E-state index in [0.29, 0.717) is 25.4 Å². The van der Waals surface area contributed by atoms with Gasteiger partial charge in [-0.2, -0.15) is 0 Å². The molecule has 2 aliphatic rings. The average molecular weight is 182 g/mol. The number of nitrogens with zero attached hydrogens (tertiary/aromatic N) is 1. The molecule has 0 aliphatic carbocycles. The predicted octanol–water partition coefficient (Wildman–Crippen LogP) is -0.113. The van der Waals surface area contributed by atoms with Crippen LogP contribution in [0.1, 0.15) is 25.7 Å². The topological polar surface area (TPSA) is 49.4 Å². The molecule has 0 aromatic carbocycles. The summed E-state index contributed by atoms with van der Waals surface area (Å²) in [5.41, 5.74) is 0. The van der Waals surface area contributed by atoms with E-state index < -0.39 is 0 Å². The third-order valence-corrected chi connectivity index (χ3v) is 2.72. The minimum absolute atomic E-state index is 0.00120. The number of carbonyl (C=O) groups is 2. The molecule has 1 N–H and O–H groups in total. The summed E-state index contributed by atoms with van der Waals surface area (Å²) in [4.78, 5) is 23.9. The van der Waals surface area contributed by atoms with E-state index in [4.69, 9.17) is 0 Å². The van der Waals surface area contributed by atoms with Crippen LogP contribution in [0.2, 0.25) is 0 Å². The molecule has 0 aromatic rings. The Kier molecular flexibility index (Phi) is 2.31. The van der Waals surface area contributed by atoms with E-state index in [2.05, 4.69) is 5.32 Å². The number of hydrogen-bond donors (Lipinski definition) is 1. The molecule has 0 unspecified atom stereocenters. The molecule has 2 aliphatic heterocycles. The molecule has 1 atom stereocenters. The van der Waals surface area contributed by atoms with Gasteiger partial charge >= 0.3 is 0 Å². The van der Waals surface area contributed by atoms with Gasteiger partial charge < -0.3 is 5.32 Å². The zero-order valence-electron chi connectivity index (χ0n) is 7.58. The van der Waals surface area contributed by atoms with Crippen LogP contribution in [-0.2, 0) is 9.59 Å². The molecule has 0 aromatic heterocycles. The highest BCUT2D eigenvalue weighted by molar-refractivity contribution is 6.01. The Bertz CT molecular complexity index is 218. The highest BCUT2D eigenvalue weighted by Gasteiger charge is 2.31. The molecule has 2 rings (SSSR count). The van der Waals surface area contributed by atoms with Crippen molar-refractivity contribution in [1.29, 1.82) is 0 Å². The van der Waals surface area contributed by atoms with Crippen LogP contribution in [0.4, 0.5) is 0 Å². The maximum absolute atomic E-state index is 11.2. The Morgan fingerprint density at radius 1 is 1.31 bits per heavy atom. The van der Waals surface area contributed by atoms with Gasteiger partial charge in [0, 0.05) is 25.4 Å². The molecule has 0 spiro atoms. The van der Waals surface area contributed by atoms with E-state index in [0.717, 1.165) is 19.4 Å². The first-order valence-electron chi connectivity index (χ1n) is 4.84. The van der Waals surface area contributed by atoms with Gasteiger partial charge in [0.05, 0.1) is 0 Å². The predicted molar refractivity (Wildman–Crippen MR) is 47.0 cm³/mol. The van der Waals surface area contributed by atoms with E-state index in [1.807, 2.05) is 0 Å². The molecule has 4 nitrogen and oxygen atoms in total. The molecule has 2 amide bonds. The van der Waals surface area contributed by atoms with Crippen LogP contribution in [0.3, 0.4) is 0 Å². The van der Waals surface area contributed by atoms with E-state index in [1.165, 1.54) is 4.90 Å². The highest BCUT2D eigenvalue weighted by Crippen LogP contribution is 2.14. The van der Waals surface area contributed by atoms with Crippen molar-refractivity contribution >= 4 is 11.8 Å². The molecule has 0 bridgehead atoms. The van der Waals surface area contributed by atoms with Crippen molar-refractivity contribution in [3.8, 4) is 0 Å². The summed E-state index contributed by atoms with van der Waals surface area (Å²) >= 11 is 0. The minimum Gasteiger partial charge on any atom is -0.312 e. The summed E-state index contributed by atoms with van der Waals surface area (Å²) in [6.45, 7) is 1.60. The molecule has 13 heavy (non-hydrogen) atoms. The first-order chi connectivity index (χ1) is 6.27. The van der Waals surface area contributed by atoms with Crippen LogP contribution in [0.15, 0.2) is 0 Å². The summed E-state index contributed by atoms with van der Waals surface area (Å²) in [6, 6.07) is 0.339. The van der Waals surface area contributed by atoms with Crippen molar-refractivity contribution in [3.63, 3.8) is 0 Å². The Hall–Kier alpha value is -0.900. The van der Waals surface area contributed by atoms with Crippen LogP contribution in [-0.4, -0.2) is 35.8 Å². The van der Waals surface area contributed by atoms with Crippen molar-refractivity contribution in [2.75, 3.05) is 13.1 Å². The van der Waals surface area contributed by atoms with Crippen LogP contribution in [0, 0.1) is 0 Å². The molecule has 0 saturated carbocycles. The van der Waals surface area contributed by atoms with Crippen LogP contribution >= 0.6 is 0 Å². The number of nitrogens with one attached hydrogen (secondary N) is 1. The largest absolute Gasteiger partial charge is 0.312 e. The monoisotopic (exact) mass is 182 g/mol. The number of imide groups is 1. The maximum atomic E-state index is 11.2. The highest BCUT2D eigenvalue weighted by atomic mass is 16.2. The van der Waals surface area contributed by atoms with Crippen molar-refractivity contribution in [3.05, 3.63) is 0 Å². The molecule has 2 fully saturated rings. The second kappa shape index (κ2) is 3.46. The number of carbonyl (C=O) groups excluding carboxylic acids is 2. The summed E-state index contributed by atoms with van der Waals surface area (Å²) < 4.78 is 0. The maximum Gasteiger partial charge on any atom is 0.229 e. The number of likely N-dealkylation sites (tertiary alicyclic amines) is 1. The Labute approximate surface area is 77.3 Å². The van der Waals surface area contributed by atoms with Crippen LogP contribution in [0.5, 0.6) is 0 Å². The average Bonchev–Trinajstić information content (AvgIpc) is 2.70. The van der Waals surface area contributed by atoms with Crippen LogP contribution in [0.25, 0.3) is 0 Å². The smallest absolute Gasteiger partial charge is 0.229 e. The van der Waals surface area contributed by atoms with E-state index >= 15 is 0 Å². The number of hydrogen-bond acceptors (Lipinski definition) is 3. The van der Waals surface area contributed by atoms with Gasteiger partial charge in [0.15, 0.2) is 0 Å². The SMILES string of the molecule is O=C1CCC(=O)N1C[C@H]1CCCN1. The lowest BCUT2D eigenvalue weighted by Gasteiger charge is -2.18. The zero-order chi connectivity index (χ0) is 9.26. The Morgan fingerprint density at radius 2 is 2.00 bits per heavy atom. The zero-order valence-corrected chi connectivity index (χ0v) is 7.58. The Balaban J connectivity index is 1.92. The molecule has 0 radical (unpaired) electrons. The van der Waals surface area contributed by atoms with Gasteiger partial charge in [-0.15, -0.1) is 0 Å². The third kappa shape index (κ3) is 1.72. The molecular weight excluding hydrogens is 168 g/mol. The molecule has 72 valence electrons. The van der Waals surface area contributed by atoms with Gasteiger partial charge in [-0.25, -0.2) is 0 Å². The fourth-order valence-electron chi connectivity index (χ4n) is 1.96. The van der Waals surface area contributed by atoms with E-state index in [9.17, 15) is 9.59 Å². The summed E-state index contributed by atoms with van der Waals surface area (Å²) in [7, 11) is 0. The van der Waals surface area contributed by atoms with Crippen LogP contribution < -0.4 is 5.32 Å². The fourth-order valence-corrected chi connectivity index (χ4v) is 1.96. The summed E-state index contributed by atoms with van der Waals surface area (Å²) in [5, 5.41) is 3.28. The third-order valence-electron chi connectivity index (χ3n) is 2.72. The van der Waals surface area contributed by atoms with Gasteiger partial charge in [-0.05, 0) is 19.4 Å². The second-order valence-corrected chi connectivity index (χ2v) is 3.69. The number of amides is 2. The van der Waals surface area contributed by atoms with Gasteiger partial charge in [0.25, 0.3) is 0 Å². The fraction of sp³-hybridized carbons (Fsp3) is 0.778. The van der Waals surface area contributed by atoms with Gasteiger partial charge in [-0.3, -0.25) is 14.5 Å². The molecule has 4 heteroatoms. The van der Waals surface area contributed by atoms with Crippen molar-refractivity contribution in [2.45, 2.75) is 31.7 Å². The minimum atomic E-state index is -0.00120. The summed E-state index contributed by atoms with van der Waals surface area (Å²) in [5.74, 6) is -0.00241. The summed E-state index contributed by atoms with van der Waals surface area (Å²) in [6.07, 6.45) is 3.05. The van der Waals surface area contributed by atoms with E-state index in [-0.39, 0.29) is 11.8 Å². The molecule has 2 saturated heterocycles. The normalized spacial score (nSPS) is 28.9. The first kappa shape index (κ1) is 8.69. The van der Waals surface area contributed by atoms with Crippen molar-refractivity contribution in [2.24, 2.45) is 0 Å². The van der Waals surface area contributed by atoms with Crippen molar-refractivity contribution < 1.29 is 9.59 Å².